The van der Waals surface area contributed by atoms with Gasteiger partial charge in [-0.15, -0.1) is 0 Å². The topological polar surface area (TPSA) is 12.0 Å². The van der Waals surface area contributed by atoms with Gasteiger partial charge < -0.3 is 5.32 Å². The van der Waals surface area contributed by atoms with Crippen LogP contribution in [0.1, 0.15) is 11.1 Å². The van der Waals surface area contributed by atoms with Gasteiger partial charge in [0.15, 0.2) is 0 Å². The molecule has 0 heterocycles. The Hall–Kier alpha value is -0.900. The zero-order valence-electron chi connectivity index (χ0n) is 8.10. The van der Waals surface area contributed by atoms with Crippen LogP contribution < -0.4 is 5.32 Å². The maximum absolute atomic E-state index is 12.4. The molecule has 0 aliphatic heterocycles. The van der Waals surface area contributed by atoms with Crippen LogP contribution in [-0.2, 0) is 11.5 Å². The van der Waals surface area contributed by atoms with Crippen LogP contribution in [-0.4, -0.2) is 22.7 Å². The van der Waals surface area contributed by atoms with Crippen LogP contribution in [0.5, 0.6) is 0 Å². The zero-order valence-corrected chi connectivity index (χ0v) is 8.10. The summed E-state index contributed by atoms with van der Waals surface area (Å²) in [6.07, 6.45) is -4.39. The van der Waals surface area contributed by atoms with Crippen molar-refractivity contribution in [3.63, 3.8) is 0 Å². The molecule has 4 radical (unpaired) electrons. The molecule has 0 saturated carbocycles. The minimum atomic E-state index is -4.39. The first-order valence-electron chi connectivity index (χ1n) is 4.22. The first kappa shape index (κ1) is 12.2. The molecule has 0 fully saturated rings. The quantitative estimate of drug-likeness (QED) is 0.725. The van der Waals surface area contributed by atoms with Crippen LogP contribution in [0, 0.1) is 0 Å². The molecule has 0 amide bonds. The summed E-state index contributed by atoms with van der Waals surface area (Å²) >= 11 is 0. The third-order valence-electron chi connectivity index (χ3n) is 2.08. The van der Waals surface area contributed by atoms with Crippen LogP contribution in [0.4, 0.5) is 13.2 Å². The Kier molecular flexibility index (Phi) is 3.19. The number of nitrogens with one attached hydrogen (secondary N) is 1. The molecular formula is C9H8B2F3N. The summed E-state index contributed by atoms with van der Waals surface area (Å²) in [4.78, 5) is 0. The summed E-state index contributed by atoms with van der Waals surface area (Å²) in [5.74, 6) is 0. The monoisotopic (exact) mass is 209 g/mol. The van der Waals surface area contributed by atoms with Crippen molar-refractivity contribution in [2.75, 3.05) is 7.05 Å². The molecule has 0 aliphatic rings. The Morgan fingerprint density at radius 3 is 2.13 bits per heavy atom. The van der Waals surface area contributed by atoms with E-state index in [-0.39, 0.29) is 5.56 Å². The van der Waals surface area contributed by atoms with Crippen LogP contribution in [0.3, 0.4) is 0 Å². The van der Waals surface area contributed by atoms with Gasteiger partial charge in [0.05, 0.1) is 21.3 Å². The molecule has 76 valence electrons. The van der Waals surface area contributed by atoms with Gasteiger partial charge in [-0.1, -0.05) is 18.2 Å². The van der Waals surface area contributed by atoms with Crippen LogP contribution in [0.15, 0.2) is 24.3 Å². The van der Waals surface area contributed by atoms with Crippen molar-refractivity contribution in [3.8, 4) is 0 Å². The zero-order chi connectivity index (χ0) is 11.7. The Balaban J connectivity index is 3.14. The molecule has 0 spiro atoms. The van der Waals surface area contributed by atoms with E-state index in [0.29, 0.717) is 0 Å². The van der Waals surface area contributed by atoms with E-state index in [1.165, 1.54) is 19.2 Å². The van der Waals surface area contributed by atoms with E-state index in [9.17, 15) is 13.2 Å². The highest BCUT2D eigenvalue weighted by Gasteiger charge is 2.31. The minimum absolute atomic E-state index is 0.180. The van der Waals surface area contributed by atoms with E-state index < -0.39 is 17.1 Å². The van der Waals surface area contributed by atoms with Crippen molar-refractivity contribution in [1.29, 1.82) is 0 Å². The van der Waals surface area contributed by atoms with Gasteiger partial charge in [-0.2, -0.15) is 13.2 Å². The lowest BCUT2D eigenvalue weighted by Gasteiger charge is -2.26. The second-order valence-electron chi connectivity index (χ2n) is 3.20. The standard InChI is InChI=1S/C9H8B2F3N/c1-15-8(10,11)6-3-2-4-7(5-6)9(12,13)14/h2-5,15H,1H3. The predicted molar refractivity (Wildman–Crippen MR) is 53.7 cm³/mol. The first-order valence-corrected chi connectivity index (χ1v) is 4.22. The summed E-state index contributed by atoms with van der Waals surface area (Å²) in [6, 6.07) is 4.60. The highest BCUT2D eigenvalue weighted by Crippen LogP contribution is 2.30. The lowest BCUT2D eigenvalue weighted by molar-refractivity contribution is -0.137. The molecule has 1 aromatic carbocycles. The lowest BCUT2D eigenvalue weighted by atomic mass is 9.58. The molecule has 1 rings (SSSR count). The summed E-state index contributed by atoms with van der Waals surface area (Å²) < 4.78 is 37.1. The van der Waals surface area contributed by atoms with Crippen molar-refractivity contribution in [2.24, 2.45) is 0 Å². The summed E-state index contributed by atoms with van der Waals surface area (Å²) in [5, 5.41) is 1.07. The SMILES string of the molecule is [B]C([B])(NC)c1cccc(C(F)(F)F)c1. The molecule has 1 aromatic rings. The smallest absolute Gasteiger partial charge is 0.327 e. The number of hydrogen-bond donors (Lipinski definition) is 1. The molecule has 0 aliphatic carbocycles. The lowest BCUT2D eigenvalue weighted by Crippen LogP contribution is -2.41. The molecule has 15 heavy (non-hydrogen) atoms. The highest BCUT2D eigenvalue weighted by molar-refractivity contribution is 6.39. The van der Waals surface area contributed by atoms with Gasteiger partial charge in [-0.05, 0) is 24.0 Å². The molecule has 0 saturated heterocycles. The van der Waals surface area contributed by atoms with Crippen LogP contribution in [0.2, 0.25) is 0 Å². The van der Waals surface area contributed by atoms with Gasteiger partial charge >= 0.3 is 6.18 Å². The van der Waals surface area contributed by atoms with Gasteiger partial charge in [0.2, 0.25) is 0 Å². The van der Waals surface area contributed by atoms with Crippen LogP contribution >= 0.6 is 0 Å². The Labute approximate surface area is 88.9 Å². The molecule has 0 unspecified atom stereocenters. The van der Waals surface area contributed by atoms with Crippen molar-refractivity contribution in [3.05, 3.63) is 35.4 Å². The Bertz CT molecular complexity index is 349. The second kappa shape index (κ2) is 3.93. The first-order chi connectivity index (χ1) is 6.77. The van der Waals surface area contributed by atoms with Crippen molar-refractivity contribution >= 4 is 15.7 Å². The summed E-state index contributed by atoms with van der Waals surface area (Å²) in [7, 11) is 12.6. The van der Waals surface area contributed by atoms with Gasteiger partial charge in [0.25, 0.3) is 0 Å². The number of benzene rings is 1. The molecule has 0 bridgehead atoms. The molecule has 1 N–H and O–H groups in total. The molecule has 6 heteroatoms. The third-order valence-corrected chi connectivity index (χ3v) is 2.08. The molecule has 1 nitrogen and oxygen atoms in total. The minimum Gasteiger partial charge on any atom is -0.327 e. The van der Waals surface area contributed by atoms with E-state index in [1.54, 1.807) is 0 Å². The van der Waals surface area contributed by atoms with Gasteiger partial charge in [0.1, 0.15) is 0 Å². The van der Waals surface area contributed by atoms with E-state index >= 15 is 0 Å². The average Bonchev–Trinajstić information content (AvgIpc) is 2.17. The van der Waals surface area contributed by atoms with Gasteiger partial charge in [0, 0.05) is 0 Å². The highest BCUT2D eigenvalue weighted by atomic mass is 19.4. The summed E-state index contributed by atoms with van der Waals surface area (Å²) in [6.45, 7) is 0. The van der Waals surface area contributed by atoms with Crippen molar-refractivity contribution in [1.82, 2.24) is 5.32 Å². The molecule has 0 atom stereocenters. The Morgan fingerprint density at radius 1 is 1.13 bits per heavy atom. The van der Waals surface area contributed by atoms with E-state index in [0.717, 1.165) is 12.1 Å². The Morgan fingerprint density at radius 2 is 1.67 bits per heavy atom. The maximum atomic E-state index is 12.4. The number of alkyl halides is 3. The van der Waals surface area contributed by atoms with E-state index in [1.807, 2.05) is 0 Å². The molecular weight excluding hydrogens is 201 g/mol. The fraction of sp³-hybridized carbons (Fsp3) is 0.333. The fourth-order valence-electron chi connectivity index (χ4n) is 1.10. The van der Waals surface area contributed by atoms with Crippen molar-refractivity contribution < 1.29 is 13.2 Å². The number of rotatable bonds is 2. The summed E-state index contributed by atoms with van der Waals surface area (Å²) in [5.41, 5.74) is -0.588. The second-order valence-corrected chi connectivity index (χ2v) is 3.20. The van der Waals surface area contributed by atoms with E-state index in [4.69, 9.17) is 15.7 Å². The molecule has 0 aromatic heterocycles. The van der Waals surface area contributed by atoms with Gasteiger partial charge in [-0.3, -0.25) is 0 Å². The largest absolute Gasteiger partial charge is 0.416 e. The van der Waals surface area contributed by atoms with Crippen LogP contribution in [0.25, 0.3) is 0 Å². The normalized spacial score (nSPS) is 12.8. The third kappa shape index (κ3) is 2.78. The van der Waals surface area contributed by atoms with E-state index in [2.05, 4.69) is 5.32 Å². The fourth-order valence-corrected chi connectivity index (χ4v) is 1.10. The maximum Gasteiger partial charge on any atom is 0.416 e. The van der Waals surface area contributed by atoms with Crippen molar-refractivity contribution in [2.45, 2.75) is 11.5 Å². The number of hydrogen-bond acceptors (Lipinski definition) is 1. The van der Waals surface area contributed by atoms with Gasteiger partial charge in [-0.25, -0.2) is 0 Å². The average molecular weight is 209 g/mol. The number of halogens is 3. The predicted octanol–water partition coefficient (Wildman–Crippen LogP) is 1.37.